The molecule has 80 valence electrons. The van der Waals surface area contributed by atoms with Gasteiger partial charge >= 0.3 is 0 Å². The molecule has 0 aliphatic rings. The Kier molecular flexibility index (Phi) is 3.16. The van der Waals surface area contributed by atoms with Crippen molar-refractivity contribution in [3.63, 3.8) is 0 Å². The van der Waals surface area contributed by atoms with E-state index in [0.29, 0.717) is 5.56 Å². The highest BCUT2D eigenvalue weighted by Gasteiger charge is 1.94. The first-order chi connectivity index (χ1) is 7.75. The van der Waals surface area contributed by atoms with Crippen LogP contribution in [0.2, 0.25) is 0 Å². The molecule has 0 nitrogen and oxygen atoms in total. The lowest BCUT2D eigenvalue weighted by Crippen LogP contribution is -1.79. The Morgan fingerprint density at radius 2 is 1.56 bits per heavy atom. The Bertz CT molecular complexity index is 495. The van der Waals surface area contributed by atoms with Crippen molar-refractivity contribution in [2.24, 2.45) is 0 Å². The molecule has 2 aromatic carbocycles. The van der Waals surface area contributed by atoms with E-state index in [0.717, 1.165) is 5.56 Å². The average molecular weight is 212 g/mol. The van der Waals surface area contributed by atoms with Gasteiger partial charge in [0, 0.05) is 5.56 Å². The smallest absolute Gasteiger partial charge is 0.130 e. The van der Waals surface area contributed by atoms with Crippen LogP contribution in [0, 0.1) is 12.7 Å². The van der Waals surface area contributed by atoms with Gasteiger partial charge in [-0.15, -0.1) is 0 Å². The molecule has 0 saturated heterocycles. The van der Waals surface area contributed by atoms with Gasteiger partial charge in [0.15, 0.2) is 0 Å². The molecule has 0 heterocycles. The predicted molar refractivity (Wildman–Crippen MR) is 66.5 cm³/mol. The summed E-state index contributed by atoms with van der Waals surface area (Å²) in [5.74, 6) is -0.189. The van der Waals surface area contributed by atoms with Gasteiger partial charge in [0.1, 0.15) is 5.82 Å². The fourth-order valence-electron chi connectivity index (χ4n) is 1.47. The summed E-state index contributed by atoms with van der Waals surface area (Å²) in [6.07, 6.45) is 3.71. The predicted octanol–water partition coefficient (Wildman–Crippen LogP) is 4.30. The van der Waals surface area contributed by atoms with E-state index in [1.54, 1.807) is 18.2 Å². The molecule has 0 amide bonds. The van der Waals surface area contributed by atoms with E-state index in [1.807, 2.05) is 43.3 Å². The maximum Gasteiger partial charge on any atom is 0.130 e. The highest BCUT2D eigenvalue weighted by molar-refractivity contribution is 5.69. The van der Waals surface area contributed by atoms with Crippen LogP contribution in [0.15, 0.2) is 48.5 Å². The van der Waals surface area contributed by atoms with Crippen LogP contribution in [0.5, 0.6) is 0 Å². The Hall–Kier alpha value is -1.89. The topological polar surface area (TPSA) is 0 Å². The van der Waals surface area contributed by atoms with Crippen molar-refractivity contribution in [2.75, 3.05) is 0 Å². The summed E-state index contributed by atoms with van der Waals surface area (Å²) in [6.45, 7) is 2.05. The SMILES string of the molecule is Cc1ccc(/C=C/c2ccccc2F)cc1. The van der Waals surface area contributed by atoms with Crippen molar-refractivity contribution in [2.45, 2.75) is 6.92 Å². The summed E-state index contributed by atoms with van der Waals surface area (Å²) in [5, 5.41) is 0. The first-order valence-corrected chi connectivity index (χ1v) is 5.25. The third-order valence-corrected chi connectivity index (χ3v) is 2.44. The fourth-order valence-corrected chi connectivity index (χ4v) is 1.47. The van der Waals surface area contributed by atoms with Gasteiger partial charge in [-0.25, -0.2) is 4.39 Å². The molecule has 0 aliphatic carbocycles. The summed E-state index contributed by atoms with van der Waals surface area (Å²) < 4.78 is 13.3. The average Bonchev–Trinajstić information content (AvgIpc) is 2.30. The quantitative estimate of drug-likeness (QED) is 0.651. The van der Waals surface area contributed by atoms with E-state index >= 15 is 0 Å². The van der Waals surface area contributed by atoms with Crippen LogP contribution in [0.3, 0.4) is 0 Å². The van der Waals surface area contributed by atoms with Crippen molar-refractivity contribution >= 4 is 12.2 Å². The molecule has 0 unspecified atom stereocenters. The molecule has 16 heavy (non-hydrogen) atoms. The molecule has 1 heteroatoms. The van der Waals surface area contributed by atoms with E-state index in [9.17, 15) is 4.39 Å². The molecular weight excluding hydrogens is 199 g/mol. The van der Waals surface area contributed by atoms with Crippen molar-refractivity contribution in [3.05, 3.63) is 71.0 Å². The molecule has 0 radical (unpaired) electrons. The number of halogens is 1. The zero-order chi connectivity index (χ0) is 11.4. The van der Waals surface area contributed by atoms with Crippen LogP contribution < -0.4 is 0 Å². The molecule has 0 aliphatic heterocycles. The van der Waals surface area contributed by atoms with Crippen LogP contribution in [0.1, 0.15) is 16.7 Å². The minimum Gasteiger partial charge on any atom is -0.206 e. The third kappa shape index (κ3) is 2.57. The third-order valence-electron chi connectivity index (χ3n) is 2.44. The number of hydrogen-bond acceptors (Lipinski definition) is 0. The summed E-state index contributed by atoms with van der Waals surface area (Å²) in [6, 6.07) is 14.9. The normalized spacial score (nSPS) is 10.9. The fraction of sp³-hybridized carbons (Fsp3) is 0.0667. The largest absolute Gasteiger partial charge is 0.206 e. The molecule has 2 rings (SSSR count). The van der Waals surface area contributed by atoms with Crippen LogP contribution >= 0.6 is 0 Å². The summed E-state index contributed by atoms with van der Waals surface area (Å²) >= 11 is 0. The van der Waals surface area contributed by atoms with E-state index in [1.165, 1.54) is 11.6 Å². The molecule has 0 aromatic heterocycles. The first-order valence-electron chi connectivity index (χ1n) is 5.25. The van der Waals surface area contributed by atoms with E-state index in [4.69, 9.17) is 0 Å². The van der Waals surface area contributed by atoms with Crippen molar-refractivity contribution in [1.29, 1.82) is 0 Å². The van der Waals surface area contributed by atoms with E-state index in [-0.39, 0.29) is 5.82 Å². The highest BCUT2D eigenvalue weighted by atomic mass is 19.1. The molecule has 0 saturated carbocycles. The van der Waals surface area contributed by atoms with Gasteiger partial charge in [-0.2, -0.15) is 0 Å². The number of hydrogen-bond donors (Lipinski definition) is 0. The lowest BCUT2D eigenvalue weighted by atomic mass is 10.1. The second-order valence-electron chi connectivity index (χ2n) is 3.77. The zero-order valence-electron chi connectivity index (χ0n) is 9.15. The van der Waals surface area contributed by atoms with Crippen molar-refractivity contribution in [1.82, 2.24) is 0 Å². The Balaban J connectivity index is 2.21. The second kappa shape index (κ2) is 4.75. The van der Waals surface area contributed by atoms with Gasteiger partial charge in [0.25, 0.3) is 0 Å². The number of rotatable bonds is 2. The van der Waals surface area contributed by atoms with Crippen LogP contribution in [-0.2, 0) is 0 Å². The van der Waals surface area contributed by atoms with Crippen LogP contribution in [0.25, 0.3) is 12.2 Å². The van der Waals surface area contributed by atoms with Crippen molar-refractivity contribution in [3.8, 4) is 0 Å². The maximum atomic E-state index is 13.3. The Morgan fingerprint density at radius 3 is 2.25 bits per heavy atom. The summed E-state index contributed by atoms with van der Waals surface area (Å²) in [5.41, 5.74) is 2.92. The van der Waals surface area contributed by atoms with Gasteiger partial charge in [-0.3, -0.25) is 0 Å². The number of aryl methyl sites for hydroxylation is 1. The van der Waals surface area contributed by atoms with Gasteiger partial charge < -0.3 is 0 Å². The van der Waals surface area contributed by atoms with Crippen LogP contribution in [-0.4, -0.2) is 0 Å². The van der Waals surface area contributed by atoms with Gasteiger partial charge in [-0.05, 0) is 18.6 Å². The summed E-state index contributed by atoms with van der Waals surface area (Å²) in [4.78, 5) is 0. The van der Waals surface area contributed by atoms with Crippen molar-refractivity contribution < 1.29 is 4.39 Å². The van der Waals surface area contributed by atoms with Crippen LogP contribution in [0.4, 0.5) is 4.39 Å². The highest BCUT2D eigenvalue weighted by Crippen LogP contribution is 2.12. The maximum absolute atomic E-state index is 13.3. The van der Waals surface area contributed by atoms with Gasteiger partial charge in [0.05, 0.1) is 0 Å². The van der Waals surface area contributed by atoms with Gasteiger partial charge in [-0.1, -0.05) is 60.2 Å². The van der Waals surface area contributed by atoms with E-state index < -0.39 is 0 Å². The van der Waals surface area contributed by atoms with Gasteiger partial charge in [0.2, 0.25) is 0 Å². The molecular formula is C15H13F. The standard InChI is InChI=1S/C15H13F/c1-12-6-8-13(9-7-12)10-11-14-4-2-3-5-15(14)16/h2-11H,1H3/b11-10+. The number of benzene rings is 2. The molecule has 2 aromatic rings. The van der Waals surface area contributed by atoms with E-state index in [2.05, 4.69) is 0 Å². The molecule has 0 fully saturated rings. The minimum absolute atomic E-state index is 0.189. The second-order valence-corrected chi connectivity index (χ2v) is 3.77. The first kappa shape index (κ1) is 10.6. The molecule has 0 spiro atoms. The molecule has 0 atom stereocenters. The lowest BCUT2D eigenvalue weighted by Gasteiger charge is -1.97. The Labute approximate surface area is 95.1 Å². The monoisotopic (exact) mass is 212 g/mol. The minimum atomic E-state index is -0.189. The molecule has 0 bridgehead atoms. The zero-order valence-corrected chi connectivity index (χ0v) is 9.15. The summed E-state index contributed by atoms with van der Waals surface area (Å²) in [7, 11) is 0. The Morgan fingerprint density at radius 1 is 0.875 bits per heavy atom. The lowest BCUT2D eigenvalue weighted by molar-refractivity contribution is 0.625. The molecule has 0 N–H and O–H groups in total.